The van der Waals surface area contributed by atoms with E-state index in [1.54, 1.807) is 19.1 Å². The first-order chi connectivity index (χ1) is 12.7. The van der Waals surface area contributed by atoms with E-state index in [0.29, 0.717) is 34.5 Å². The number of benzene rings is 1. The Balaban J connectivity index is 2.58. The smallest absolute Gasteiger partial charge is 0.186 e. The fraction of sp³-hybridized carbons (Fsp3) is 0.409. The van der Waals surface area contributed by atoms with Crippen LogP contribution in [0.5, 0.6) is 0 Å². The molecule has 3 nitrogen and oxygen atoms in total. The van der Waals surface area contributed by atoms with Gasteiger partial charge in [-0.05, 0) is 35.5 Å². The van der Waals surface area contributed by atoms with Crippen molar-refractivity contribution in [3.63, 3.8) is 0 Å². The molecule has 28 heavy (non-hydrogen) atoms. The molecule has 0 aliphatic heterocycles. The Labute approximate surface area is 163 Å². The second-order valence-corrected chi connectivity index (χ2v) is 8.90. The van der Waals surface area contributed by atoms with E-state index < -0.39 is 23.1 Å². The van der Waals surface area contributed by atoms with E-state index in [-0.39, 0.29) is 16.6 Å². The highest BCUT2D eigenvalue weighted by Crippen LogP contribution is 2.39. The lowest BCUT2D eigenvalue weighted by Gasteiger charge is -2.31. The number of carbonyl (C=O) groups is 1. The van der Waals surface area contributed by atoms with Crippen LogP contribution in [0.25, 0.3) is 0 Å². The van der Waals surface area contributed by atoms with Crippen molar-refractivity contribution in [1.82, 2.24) is 0 Å². The van der Waals surface area contributed by atoms with Crippen LogP contribution in [0, 0.1) is 28.3 Å². The lowest BCUT2D eigenvalue weighted by atomic mass is 9.72. The lowest BCUT2D eigenvalue weighted by Crippen LogP contribution is -2.28. The molecule has 0 spiro atoms. The third kappa shape index (κ3) is 4.66. The van der Waals surface area contributed by atoms with Crippen molar-refractivity contribution in [2.75, 3.05) is 0 Å². The fourth-order valence-electron chi connectivity index (χ4n) is 2.76. The van der Waals surface area contributed by atoms with Gasteiger partial charge in [0.25, 0.3) is 0 Å². The van der Waals surface area contributed by atoms with Crippen molar-refractivity contribution in [2.45, 2.75) is 48.5 Å². The predicted octanol–water partition coefficient (Wildman–Crippen LogP) is 6.99. The van der Waals surface area contributed by atoms with E-state index in [9.17, 15) is 18.0 Å². The largest absolute Gasteiger partial charge is 0.289 e. The van der Waals surface area contributed by atoms with Crippen molar-refractivity contribution < 1.29 is 18.0 Å². The summed E-state index contributed by atoms with van der Waals surface area (Å²) in [6.07, 6.45) is 3.48. The minimum Gasteiger partial charge on any atom is -0.289 e. The molecule has 0 radical (unpaired) electrons. The summed E-state index contributed by atoms with van der Waals surface area (Å²) >= 11 is 0. The average molecular weight is 390 g/mol. The monoisotopic (exact) mass is 390 g/mol. The summed E-state index contributed by atoms with van der Waals surface area (Å²) in [6.45, 7) is 13.3. The second kappa shape index (κ2) is 7.49. The zero-order valence-electron chi connectivity index (χ0n) is 17.2. The minimum atomic E-state index is -1.13. The van der Waals surface area contributed by atoms with E-state index >= 15 is 0 Å². The van der Waals surface area contributed by atoms with E-state index in [4.69, 9.17) is 0 Å². The number of hydrogen-bond donors (Lipinski definition) is 0. The van der Waals surface area contributed by atoms with Gasteiger partial charge < -0.3 is 0 Å². The van der Waals surface area contributed by atoms with Crippen LogP contribution in [0.2, 0.25) is 0 Å². The van der Waals surface area contributed by atoms with Crippen molar-refractivity contribution in [1.29, 1.82) is 0 Å². The summed E-state index contributed by atoms with van der Waals surface area (Å²) < 4.78 is 40.6. The summed E-state index contributed by atoms with van der Waals surface area (Å²) in [7, 11) is 0. The van der Waals surface area contributed by atoms with Gasteiger partial charge in [0.15, 0.2) is 23.1 Å². The van der Waals surface area contributed by atoms with Crippen molar-refractivity contribution in [3.8, 4) is 0 Å². The first-order valence-electron chi connectivity index (χ1n) is 8.98. The third-order valence-electron chi connectivity index (χ3n) is 4.40. The summed E-state index contributed by atoms with van der Waals surface area (Å²) in [5.41, 5.74) is 0.847. The molecule has 0 bridgehead atoms. The molecule has 0 amide bonds. The second-order valence-electron chi connectivity index (χ2n) is 8.90. The van der Waals surface area contributed by atoms with Gasteiger partial charge in [-0.2, -0.15) is 5.11 Å². The molecule has 0 heterocycles. The van der Waals surface area contributed by atoms with E-state index in [1.165, 1.54) is 0 Å². The molecule has 0 saturated carbocycles. The predicted molar refractivity (Wildman–Crippen MR) is 104 cm³/mol. The highest BCUT2D eigenvalue weighted by atomic mass is 19.1. The summed E-state index contributed by atoms with van der Waals surface area (Å²) in [4.78, 5) is 12.9. The summed E-state index contributed by atoms with van der Waals surface area (Å²) in [5, 5.41) is 7.55. The van der Waals surface area contributed by atoms with Crippen LogP contribution in [0.4, 0.5) is 18.9 Å². The molecule has 6 heteroatoms. The van der Waals surface area contributed by atoms with Crippen LogP contribution in [-0.4, -0.2) is 5.78 Å². The SMILES string of the molecule is CC(N=Nc1c(F)cc(F)cc1F)=C1C=C(C(C)(C)C)C(=O)C(C(C)(C)C)=C1. The van der Waals surface area contributed by atoms with Crippen LogP contribution >= 0.6 is 0 Å². The zero-order valence-corrected chi connectivity index (χ0v) is 17.2. The standard InChI is InChI=1S/C22H25F3N2O/c1-12(26-27-19-17(24)10-14(23)11-18(19)25)13-8-15(21(2,3)4)20(28)16(9-13)22(5,6)7/h8-11H,1-7H3. The number of azo groups is 1. The van der Waals surface area contributed by atoms with E-state index in [1.807, 2.05) is 41.5 Å². The maximum atomic E-state index is 13.8. The molecule has 0 saturated heterocycles. The number of hydrogen-bond acceptors (Lipinski definition) is 3. The molecule has 1 aliphatic rings. The Bertz CT molecular complexity index is 881. The minimum absolute atomic E-state index is 0.0240. The van der Waals surface area contributed by atoms with Gasteiger partial charge in [-0.15, -0.1) is 5.11 Å². The molecule has 0 atom stereocenters. The Morgan fingerprint density at radius 2 is 1.29 bits per heavy atom. The lowest BCUT2D eigenvalue weighted by molar-refractivity contribution is -0.114. The maximum absolute atomic E-state index is 13.8. The van der Waals surface area contributed by atoms with E-state index in [0.717, 1.165) is 0 Å². The molecule has 1 aromatic carbocycles. The van der Waals surface area contributed by atoms with Crippen molar-refractivity contribution in [3.05, 3.63) is 64.2 Å². The number of allylic oxidation sites excluding steroid dienone is 6. The average Bonchev–Trinajstić information content (AvgIpc) is 2.51. The fourth-order valence-corrected chi connectivity index (χ4v) is 2.76. The first-order valence-corrected chi connectivity index (χ1v) is 8.98. The molecule has 0 N–H and O–H groups in total. The van der Waals surface area contributed by atoms with Gasteiger partial charge in [0.05, 0.1) is 5.70 Å². The van der Waals surface area contributed by atoms with Crippen molar-refractivity contribution >= 4 is 11.5 Å². The quantitative estimate of drug-likeness (QED) is 0.502. The van der Waals surface area contributed by atoms with Gasteiger partial charge in [-0.1, -0.05) is 41.5 Å². The van der Waals surface area contributed by atoms with Gasteiger partial charge >= 0.3 is 0 Å². The van der Waals surface area contributed by atoms with Crippen LogP contribution in [0.1, 0.15) is 48.5 Å². The Kier molecular flexibility index (Phi) is 5.83. The molecular formula is C22H25F3N2O. The Morgan fingerprint density at radius 3 is 1.68 bits per heavy atom. The number of halogens is 3. The number of carbonyl (C=O) groups excluding carboxylic acids is 1. The van der Waals surface area contributed by atoms with Crippen LogP contribution in [0.15, 0.2) is 56.9 Å². The van der Waals surface area contributed by atoms with Gasteiger partial charge in [-0.25, -0.2) is 13.2 Å². The molecular weight excluding hydrogens is 365 g/mol. The van der Waals surface area contributed by atoms with Crippen molar-refractivity contribution in [2.24, 2.45) is 21.1 Å². The van der Waals surface area contributed by atoms with Gasteiger partial charge in [0.2, 0.25) is 0 Å². The van der Waals surface area contributed by atoms with Gasteiger partial charge in [-0.3, -0.25) is 4.79 Å². The zero-order chi connectivity index (χ0) is 21.4. The first kappa shape index (κ1) is 21.8. The van der Waals surface area contributed by atoms with Gasteiger partial charge in [0.1, 0.15) is 5.82 Å². The molecule has 2 rings (SSSR count). The maximum Gasteiger partial charge on any atom is 0.186 e. The normalized spacial score (nSPS) is 15.8. The molecule has 0 unspecified atom stereocenters. The molecule has 0 aromatic heterocycles. The molecule has 1 aromatic rings. The van der Waals surface area contributed by atoms with Gasteiger partial charge in [0, 0.05) is 23.3 Å². The van der Waals surface area contributed by atoms with Crippen LogP contribution in [0.3, 0.4) is 0 Å². The van der Waals surface area contributed by atoms with E-state index in [2.05, 4.69) is 10.2 Å². The topological polar surface area (TPSA) is 41.8 Å². The highest BCUT2D eigenvalue weighted by molar-refractivity contribution is 6.11. The molecule has 1 aliphatic carbocycles. The number of nitrogens with zero attached hydrogens (tertiary/aromatic N) is 2. The Morgan fingerprint density at radius 1 is 0.857 bits per heavy atom. The summed E-state index contributed by atoms with van der Waals surface area (Å²) in [5.74, 6) is -3.31. The summed E-state index contributed by atoms with van der Waals surface area (Å²) in [6, 6.07) is 1.10. The number of rotatable bonds is 2. The number of Topliss-reactive ketones (excluding diaryl/α,β-unsaturated/α-hetero) is 1. The molecule has 150 valence electrons. The number of ketones is 1. The third-order valence-corrected chi connectivity index (χ3v) is 4.40. The highest BCUT2D eigenvalue weighted by Gasteiger charge is 2.34. The van der Waals surface area contributed by atoms with Crippen LogP contribution in [-0.2, 0) is 4.79 Å². The molecule has 0 fully saturated rings. The van der Waals surface area contributed by atoms with Crippen LogP contribution < -0.4 is 0 Å². The Hall–Kier alpha value is -2.50.